The average Bonchev–Trinajstić information content (AvgIpc) is 2.71. The zero-order valence-electron chi connectivity index (χ0n) is 16.2. The molecular formula is C23H30N2O2. The summed E-state index contributed by atoms with van der Waals surface area (Å²) in [6, 6.07) is 18.5. The molecule has 0 aliphatic heterocycles. The highest BCUT2D eigenvalue weighted by molar-refractivity contribution is 5.92. The molecule has 1 fully saturated rings. The third kappa shape index (κ3) is 6.40. The van der Waals surface area contributed by atoms with E-state index in [1.807, 2.05) is 42.5 Å². The standard InChI is InChI=1S/C23H30N2O2/c1-25(21-10-6-3-7-11-21)18-23(26)24-20-12-14-22(15-13-20)27-17-16-19-8-4-2-5-9-19/h2,4-5,8-9,12-15,21H,3,6-7,10-11,16-18H2,1H3,(H,24,26). The van der Waals surface area contributed by atoms with Gasteiger partial charge in [0.25, 0.3) is 0 Å². The molecule has 4 heteroatoms. The number of amides is 1. The van der Waals surface area contributed by atoms with Crippen molar-refractivity contribution in [2.24, 2.45) is 0 Å². The van der Waals surface area contributed by atoms with Gasteiger partial charge in [-0.15, -0.1) is 0 Å². The second-order valence-electron chi connectivity index (χ2n) is 7.36. The van der Waals surface area contributed by atoms with Gasteiger partial charge in [-0.25, -0.2) is 0 Å². The predicted molar refractivity (Wildman–Crippen MR) is 110 cm³/mol. The van der Waals surface area contributed by atoms with Crippen molar-refractivity contribution in [1.29, 1.82) is 0 Å². The maximum absolute atomic E-state index is 12.3. The Morgan fingerprint density at radius 1 is 1.04 bits per heavy atom. The molecule has 144 valence electrons. The number of anilines is 1. The molecule has 0 spiro atoms. The minimum absolute atomic E-state index is 0.0424. The molecule has 0 unspecified atom stereocenters. The van der Waals surface area contributed by atoms with Crippen LogP contribution in [0.2, 0.25) is 0 Å². The Balaban J connectivity index is 1.40. The highest BCUT2D eigenvalue weighted by Crippen LogP contribution is 2.21. The van der Waals surface area contributed by atoms with Gasteiger partial charge in [-0.05, 0) is 49.7 Å². The second-order valence-corrected chi connectivity index (χ2v) is 7.36. The molecule has 4 nitrogen and oxygen atoms in total. The lowest BCUT2D eigenvalue weighted by atomic mass is 9.94. The Morgan fingerprint density at radius 3 is 2.44 bits per heavy atom. The van der Waals surface area contributed by atoms with Gasteiger partial charge in [-0.2, -0.15) is 0 Å². The predicted octanol–water partition coefficient (Wildman–Crippen LogP) is 4.51. The molecular weight excluding hydrogens is 336 g/mol. The van der Waals surface area contributed by atoms with Gasteiger partial charge in [-0.1, -0.05) is 49.6 Å². The Labute approximate surface area is 162 Å². The lowest BCUT2D eigenvalue weighted by Gasteiger charge is -2.30. The summed E-state index contributed by atoms with van der Waals surface area (Å²) in [6.07, 6.45) is 7.19. The van der Waals surface area contributed by atoms with E-state index in [1.54, 1.807) is 0 Å². The summed E-state index contributed by atoms with van der Waals surface area (Å²) in [6.45, 7) is 1.09. The second kappa shape index (κ2) is 10.1. The summed E-state index contributed by atoms with van der Waals surface area (Å²) < 4.78 is 5.79. The summed E-state index contributed by atoms with van der Waals surface area (Å²) in [7, 11) is 2.05. The molecule has 0 heterocycles. The number of carbonyl (C=O) groups is 1. The van der Waals surface area contributed by atoms with Crippen LogP contribution in [0.1, 0.15) is 37.7 Å². The summed E-state index contributed by atoms with van der Waals surface area (Å²) in [4.78, 5) is 14.5. The molecule has 1 aliphatic rings. The molecule has 0 atom stereocenters. The molecule has 1 amide bonds. The van der Waals surface area contributed by atoms with Crippen LogP contribution in [0.25, 0.3) is 0 Å². The van der Waals surface area contributed by atoms with Crippen LogP contribution in [-0.2, 0) is 11.2 Å². The first-order valence-corrected chi connectivity index (χ1v) is 9.97. The lowest BCUT2D eigenvalue weighted by Crippen LogP contribution is -2.39. The van der Waals surface area contributed by atoms with Crippen LogP contribution >= 0.6 is 0 Å². The summed E-state index contributed by atoms with van der Waals surface area (Å²) in [5.41, 5.74) is 2.08. The van der Waals surface area contributed by atoms with Gasteiger partial charge in [-0.3, -0.25) is 9.69 Å². The van der Waals surface area contributed by atoms with E-state index in [-0.39, 0.29) is 5.91 Å². The number of hydrogen-bond donors (Lipinski definition) is 1. The molecule has 0 radical (unpaired) electrons. The quantitative estimate of drug-likeness (QED) is 0.747. The molecule has 2 aromatic carbocycles. The van der Waals surface area contributed by atoms with Crippen molar-refractivity contribution in [2.75, 3.05) is 25.5 Å². The molecule has 3 rings (SSSR count). The third-order valence-electron chi connectivity index (χ3n) is 5.23. The van der Waals surface area contributed by atoms with Crippen LogP contribution in [0, 0.1) is 0 Å². The smallest absolute Gasteiger partial charge is 0.238 e. The monoisotopic (exact) mass is 366 g/mol. The van der Waals surface area contributed by atoms with Crippen LogP contribution in [0.5, 0.6) is 5.75 Å². The first-order chi connectivity index (χ1) is 13.2. The Kier molecular flexibility index (Phi) is 7.28. The van der Waals surface area contributed by atoms with Crippen molar-refractivity contribution in [3.63, 3.8) is 0 Å². The maximum atomic E-state index is 12.3. The third-order valence-corrected chi connectivity index (χ3v) is 5.23. The van der Waals surface area contributed by atoms with E-state index >= 15 is 0 Å². The molecule has 1 saturated carbocycles. The largest absolute Gasteiger partial charge is 0.493 e. The van der Waals surface area contributed by atoms with Gasteiger partial charge in [0.1, 0.15) is 5.75 Å². The molecule has 2 aromatic rings. The van der Waals surface area contributed by atoms with E-state index in [0.29, 0.717) is 19.2 Å². The number of carbonyl (C=O) groups excluding carboxylic acids is 1. The number of nitrogens with zero attached hydrogens (tertiary/aromatic N) is 1. The average molecular weight is 367 g/mol. The van der Waals surface area contributed by atoms with Gasteiger partial charge in [0, 0.05) is 18.2 Å². The SMILES string of the molecule is CN(CC(=O)Nc1ccc(OCCc2ccccc2)cc1)C1CCCCC1. The fourth-order valence-corrected chi connectivity index (χ4v) is 3.64. The number of rotatable bonds is 8. The zero-order valence-corrected chi connectivity index (χ0v) is 16.2. The molecule has 27 heavy (non-hydrogen) atoms. The van der Waals surface area contributed by atoms with Gasteiger partial charge >= 0.3 is 0 Å². The first kappa shape index (κ1) is 19.4. The molecule has 0 bridgehead atoms. The number of likely N-dealkylation sites (N-methyl/N-ethyl adjacent to an activating group) is 1. The fourth-order valence-electron chi connectivity index (χ4n) is 3.64. The van der Waals surface area contributed by atoms with Gasteiger partial charge < -0.3 is 10.1 Å². The topological polar surface area (TPSA) is 41.6 Å². The van der Waals surface area contributed by atoms with E-state index in [1.165, 1.54) is 37.7 Å². The first-order valence-electron chi connectivity index (χ1n) is 9.97. The number of ether oxygens (including phenoxy) is 1. The van der Waals surface area contributed by atoms with E-state index in [9.17, 15) is 4.79 Å². The summed E-state index contributed by atoms with van der Waals surface area (Å²) in [5, 5.41) is 2.98. The summed E-state index contributed by atoms with van der Waals surface area (Å²) in [5.74, 6) is 0.865. The van der Waals surface area contributed by atoms with Gasteiger partial charge in [0.2, 0.25) is 5.91 Å². The van der Waals surface area contributed by atoms with E-state index in [4.69, 9.17) is 4.74 Å². The number of hydrogen-bond acceptors (Lipinski definition) is 3. The van der Waals surface area contributed by atoms with Crippen LogP contribution in [0.3, 0.4) is 0 Å². The van der Waals surface area contributed by atoms with Crippen LogP contribution < -0.4 is 10.1 Å². The Morgan fingerprint density at radius 2 is 1.74 bits per heavy atom. The molecule has 1 aliphatic carbocycles. The number of nitrogens with one attached hydrogen (secondary N) is 1. The normalized spacial score (nSPS) is 14.9. The van der Waals surface area contributed by atoms with E-state index in [2.05, 4.69) is 29.4 Å². The Bertz CT molecular complexity index is 694. The van der Waals surface area contributed by atoms with Gasteiger partial charge in [0.05, 0.1) is 13.2 Å². The van der Waals surface area contributed by atoms with E-state index < -0.39 is 0 Å². The van der Waals surface area contributed by atoms with Crippen molar-refractivity contribution < 1.29 is 9.53 Å². The van der Waals surface area contributed by atoms with Crippen molar-refractivity contribution in [3.8, 4) is 5.75 Å². The highest BCUT2D eigenvalue weighted by atomic mass is 16.5. The van der Waals surface area contributed by atoms with E-state index in [0.717, 1.165) is 17.9 Å². The Hall–Kier alpha value is -2.33. The van der Waals surface area contributed by atoms with Crippen molar-refractivity contribution in [3.05, 3.63) is 60.2 Å². The summed E-state index contributed by atoms with van der Waals surface area (Å²) >= 11 is 0. The molecule has 0 aromatic heterocycles. The van der Waals surface area contributed by atoms with Crippen molar-refractivity contribution in [2.45, 2.75) is 44.6 Å². The van der Waals surface area contributed by atoms with Crippen LogP contribution in [0.4, 0.5) is 5.69 Å². The zero-order chi connectivity index (χ0) is 18.9. The van der Waals surface area contributed by atoms with Crippen LogP contribution in [-0.4, -0.2) is 37.0 Å². The number of benzene rings is 2. The fraction of sp³-hybridized carbons (Fsp3) is 0.435. The highest BCUT2D eigenvalue weighted by Gasteiger charge is 2.19. The van der Waals surface area contributed by atoms with Crippen molar-refractivity contribution >= 4 is 11.6 Å². The maximum Gasteiger partial charge on any atom is 0.238 e. The minimum Gasteiger partial charge on any atom is -0.493 e. The van der Waals surface area contributed by atoms with Gasteiger partial charge in [0.15, 0.2) is 0 Å². The molecule has 0 saturated heterocycles. The molecule has 1 N–H and O–H groups in total. The lowest BCUT2D eigenvalue weighted by molar-refractivity contribution is -0.117. The van der Waals surface area contributed by atoms with Crippen molar-refractivity contribution in [1.82, 2.24) is 4.90 Å². The van der Waals surface area contributed by atoms with Crippen LogP contribution in [0.15, 0.2) is 54.6 Å². The minimum atomic E-state index is 0.0424.